The van der Waals surface area contributed by atoms with E-state index in [1.807, 2.05) is 25.1 Å². The summed E-state index contributed by atoms with van der Waals surface area (Å²) in [5.74, 6) is -0.0899. The molecule has 3 nitrogen and oxygen atoms in total. The van der Waals surface area contributed by atoms with Gasteiger partial charge in [-0.2, -0.15) is 17.9 Å². The average molecular weight is 302 g/mol. The predicted molar refractivity (Wildman–Crippen MR) is 85.5 cm³/mol. The molecule has 0 bridgehead atoms. The summed E-state index contributed by atoms with van der Waals surface area (Å²) >= 11 is 5.39. The minimum atomic E-state index is -0.197. The SMILES string of the molecule is Cc1c(Cc2ccccc2)sc(NC(=O)CS)c1C#N. The first-order valence-corrected chi connectivity index (χ1v) is 7.57. The van der Waals surface area contributed by atoms with Gasteiger partial charge in [-0.15, -0.1) is 11.3 Å². The fourth-order valence-electron chi connectivity index (χ4n) is 1.90. The number of rotatable bonds is 4. The number of hydrogen-bond donors (Lipinski definition) is 2. The fourth-order valence-corrected chi connectivity index (χ4v) is 3.18. The Morgan fingerprint density at radius 1 is 1.40 bits per heavy atom. The molecule has 0 radical (unpaired) electrons. The molecule has 0 fully saturated rings. The molecule has 1 N–H and O–H groups in total. The van der Waals surface area contributed by atoms with E-state index >= 15 is 0 Å². The normalized spacial score (nSPS) is 10.1. The van der Waals surface area contributed by atoms with E-state index in [4.69, 9.17) is 0 Å². The first-order chi connectivity index (χ1) is 9.65. The molecule has 1 amide bonds. The number of amides is 1. The molecule has 0 spiro atoms. The molecule has 0 aliphatic heterocycles. The number of nitrogens with one attached hydrogen (secondary N) is 1. The lowest BCUT2D eigenvalue weighted by Gasteiger charge is -1.99. The third kappa shape index (κ3) is 3.21. The van der Waals surface area contributed by atoms with E-state index in [1.54, 1.807) is 0 Å². The van der Waals surface area contributed by atoms with Crippen molar-refractivity contribution < 1.29 is 4.79 Å². The van der Waals surface area contributed by atoms with Gasteiger partial charge in [-0.3, -0.25) is 4.79 Å². The zero-order chi connectivity index (χ0) is 14.5. The van der Waals surface area contributed by atoms with Crippen LogP contribution in [0.1, 0.15) is 21.6 Å². The second-order valence-corrected chi connectivity index (χ2v) is 5.76. The zero-order valence-electron chi connectivity index (χ0n) is 11.0. The van der Waals surface area contributed by atoms with Crippen LogP contribution >= 0.6 is 24.0 Å². The van der Waals surface area contributed by atoms with Crippen molar-refractivity contribution in [3.05, 3.63) is 51.9 Å². The fraction of sp³-hybridized carbons (Fsp3) is 0.200. The van der Waals surface area contributed by atoms with Gasteiger partial charge in [-0.1, -0.05) is 30.3 Å². The Bertz CT molecular complexity index is 657. The molecular weight excluding hydrogens is 288 g/mol. The Morgan fingerprint density at radius 3 is 2.70 bits per heavy atom. The van der Waals surface area contributed by atoms with E-state index in [9.17, 15) is 10.1 Å². The van der Waals surface area contributed by atoms with Crippen LogP contribution in [-0.4, -0.2) is 11.7 Å². The van der Waals surface area contributed by atoms with Crippen LogP contribution in [0.4, 0.5) is 5.00 Å². The molecule has 0 saturated heterocycles. The Kier molecular flexibility index (Phi) is 4.83. The molecule has 0 aliphatic rings. The lowest BCUT2D eigenvalue weighted by molar-refractivity contribution is -0.113. The summed E-state index contributed by atoms with van der Waals surface area (Å²) in [6.07, 6.45) is 0.767. The highest BCUT2D eigenvalue weighted by atomic mass is 32.1. The van der Waals surface area contributed by atoms with Gasteiger partial charge in [0, 0.05) is 11.3 Å². The third-order valence-corrected chi connectivity index (χ3v) is 4.46. The molecule has 5 heteroatoms. The number of carbonyl (C=O) groups excluding carboxylic acids is 1. The highest BCUT2D eigenvalue weighted by Gasteiger charge is 2.16. The number of anilines is 1. The Morgan fingerprint density at radius 2 is 2.10 bits per heavy atom. The minimum absolute atomic E-state index is 0.107. The molecule has 0 atom stereocenters. The van der Waals surface area contributed by atoms with Crippen LogP contribution in [0.2, 0.25) is 0 Å². The molecule has 1 aromatic heterocycles. The van der Waals surface area contributed by atoms with Crippen LogP contribution in [0.5, 0.6) is 0 Å². The van der Waals surface area contributed by atoms with Gasteiger partial charge in [0.15, 0.2) is 0 Å². The first kappa shape index (κ1) is 14.6. The van der Waals surface area contributed by atoms with Crippen molar-refractivity contribution in [2.24, 2.45) is 0 Å². The Labute approximate surface area is 127 Å². The number of nitrogens with zero attached hydrogens (tertiary/aromatic N) is 1. The quantitative estimate of drug-likeness (QED) is 0.851. The van der Waals surface area contributed by atoms with Crippen molar-refractivity contribution in [3.63, 3.8) is 0 Å². The van der Waals surface area contributed by atoms with Crippen LogP contribution in [0.15, 0.2) is 30.3 Å². The van der Waals surface area contributed by atoms with Gasteiger partial charge in [0.2, 0.25) is 5.91 Å². The van der Waals surface area contributed by atoms with E-state index in [0.29, 0.717) is 10.6 Å². The summed E-state index contributed by atoms with van der Waals surface area (Å²) in [5.41, 5.74) is 2.68. The van der Waals surface area contributed by atoms with Crippen LogP contribution in [-0.2, 0) is 11.2 Å². The monoisotopic (exact) mass is 302 g/mol. The summed E-state index contributed by atoms with van der Waals surface area (Å²) < 4.78 is 0. The molecular formula is C15H14N2OS2. The molecule has 20 heavy (non-hydrogen) atoms. The lowest BCUT2D eigenvalue weighted by Crippen LogP contribution is -2.12. The first-order valence-electron chi connectivity index (χ1n) is 6.12. The number of benzene rings is 1. The molecule has 0 saturated carbocycles. The second-order valence-electron chi connectivity index (χ2n) is 4.33. The van der Waals surface area contributed by atoms with Crippen molar-refractivity contribution in [1.29, 1.82) is 5.26 Å². The number of carbonyl (C=O) groups is 1. The van der Waals surface area contributed by atoms with Crippen LogP contribution < -0.4 is 5.32 Å². The van der Waals surface area contributed by atoms with E-state index in [-0.39, 0.29) is 11.7 Å². The summed E-state index contributed by atoms with van der Waals surface area (Å²) in [6, 6.07) is 12.2. The van der Waals surface area contributed by atoms with Crippen molar-refractivity contribution in [2.75, 3.05) is 11.1 Å². The highest BCUT2D eigenvalue weighted by Crippen LogP contribution is 2.33. The highest BCUT2D eigenvalue weighted by molar-refractivity contribution is 7.81. The van der Waals surface area contributed by atoms with Crippen molar-refractivity contribution >= 4 is 34.9 Å². The maximum absolute atomic E-state index is 11.4. The molecule has 0 unspecified atom stereocenters. The summed E-state index contributed by atoms with van der Waals surface area (Å²) in [4.78, 5) is 12.5. The van der Waals surface area contributed by atoms with E-state index < -0.39 is 0 Å². The smallest absolute Gasteiger partial charge is 0.234 e. The van der Waals surface area contributed by atoms with Gasteiger partial charge < -0.3 is 5.32 Å². The van der Waals surface area contributed by atoms with Gasteiger partial charge in [0.25, 0.3) is 0 Å². The van der Waals surface area contributed by atoms with Crippen LogP contribution in [0.25, 0.3) is 0 Å². The number of thiophene rings is 1. The van der Waals surface area contributed by atoms with Crippen molar-refractivity contribution in [1.82, 2.24) is 0 Å². The summed E-state index contributed by atoms with van der Waals surface area (Å²) in [6.45, 7) is 1.92. The number of thiol groups is 1. The molecule has 1 aromatic carbocycles. The van der Waals surface area contributed by atoms with E-state index in [0.717, 1.165) is 16.9 Å². The maximum Gasteiger partial charge on any atom is 0.234 e. The summed E-state index contributed by atoms with van der Waals surface area (Å²) in [7, 11) is 0. The standard InChI is InChI=1S/C15H14N2OS2/c1-10-12(8-16)15(17-14(18)9-19)20-13(10)7-11-5-3-2-4-6-11/h2-6,19H,7,9H2,1H3,(H,17,18). The minimum Gasteiger partial charge on any atom is -0.316 e. The third-order valence-electron chi connectivity index (χ3n) is 2.96. The lowest BCUT2D eigenvalue weighted by atomic mass is 10.1. The largest absolute Gasteiger partial charge is 0.316 e. The zero-order valence-corrected chi connectivity index (χ0v) is 12.7. The van der Waals surface area contributed by atoms with Gasteiger partial charge in [0.05, 0.1) is 11.3 Å². The Hall–Kier alpha value is -1.77. The molecule has 2 rings (SSSR count). The van der Waals surface area contributed by atoms with Gasteiger partial charge in [-0.05, 0) is 18.1 Å². The topological polar surface area (TPSA) is 52.9 Å². The molecule has 2 aromatic rings. The maximum atomic E-state index is 11.4. The van der Waals surface area contributed by atoms with Crippen LogP contribution in [0.3, 0.4) is 0 Å². The average Bonchev–Trinajstić information content (AvgIpc) is 2.75. The van der Waals surface area contributed by atoms with Crippen molar-refractivity contribution in [3.8, 4) is 6.07 Å². The molecule has 0 aliphatic carbocycles. The van der Waals surface area contributed by atoms with Gasteiger partial charge in [0.1, 0.15) is 11.1 Å². The summed E-state index contributed by atoms with van der Waals surface area (Å²) in [5, 5.41) is 12.6. The second kappa shape index (κ2) is 6.60. The van der Waals surface area contributed by atoms with Gasteiger partial charge >= 0.3 is 0 Å². The van der Waals surface area contributed by atoms with Crippen molar-refractivity contribution in [2.45, 2.75) is 13.3 Å². The van der Waals surface area contributed by atoms with Gasteiger partial charge in [-0.25, -0.2) is 0 Å². The molecule has 1 heterocycles. The molecule has 102 valence electrons. The number of nitriles is 1. The predicted octanol–water partition coefficient (Wildman–Crippen LogP) is 3.39. The van der Waals surface area contributed by atoms with E-state index in [1.165, 1.54) is 16.9 Å². The Balaban J connectivity index is 2.31. The number of hydrogen-bond acceptors (Lipinski definition) is 4. The van der Waals surface area contributed by atoms with Crippen LogP contribution in [0, 0.1) is 18.3 Å². The van der Waals surface area contributed by atoms with E-state index in [2.05, 4.69) is 36.1 Å².